The summed E-state index contributed by atoms with van der Waals surface area (Å²) < 4.78 is 3.00. The fourth-order valence-corrected chi connectivity index (χ4v) is 6.14. The molecule has 5 unspecified atom stereocenters. The second-order valence-electron chi connectivity index (χ2n) is 7.37. The summed E-state index contributed by atoms with van der Waals surface area (Å²) in [7, 11) is 0. The van der Waals surface area contributed by atoms with Crippen LogP contribution >= 0.6 is 15.9 Å². The van der Waals surface area contributed by atoms with Gasteiger partial charge in [0.25, 0.3) is 0 Å². The van der Waals surface area contributed by atoms with Gasteiger partial charge in [-0.2, -0.15) is 5.10 Å². The van der Waals surface area contributed by atoms with E-state index in [-0.39, 0.29) is 0 Å². The van der Waals surface area contributed by atoms with E-state index in [0.29, 0.717) is 12.0 Å². The van der Waals surface area contributed by atoms with E-state index < -0.39 is 5.60 Å². The molecule has 2 bridgehead atoms. The monoisotopic (exact) mass is 338 g/mol. The first-order chi connectivity index (χ1) is 9.52. The summed E-state index contributed by atoms with van der Waals surface area (Å²) in [4.78, 5) is 0. The van der Waals surface area contributed by atoms with Crippen molar-refractivity contribution in [2.45, 2.75) is 57.6 Å². The first-order valence-corrected chi connectivity index (χ1v) is 8.77. The summed E-state index contributed by atoms with van der Waals surface area (Å²) in [6.07, 6.45) is 8.10. The molecule has 4 rings (SSSR count). The van der Waals surface area contributed by atoms with Crippen molar-refractivity contribution in [1.82, 2.24) is 9.78 Å². The molecule has 0 amide bonds. The third kappa shape index (κ3) is 1.58. The first-order valence-electron chi connectivity index (χ1n) is 7.98. The maximum atomic E-state index is 11.5. The van der Waals surface area contributed by atoms with E-state index in [9.17, 15) is 5.11 Å². The minimum absolute atomic E-state index is 0.291. The molecule has 1 heterocycles. The standard InChI is InChI=1S/C16H23BrN2O/c1-9(2)19-15(14(17)8-18-19)16(20)7-10-6-13(16)12-5-3-4-11(10)12/h8-13,20H,3-7H2,1-2H3. The van der Waals surface area contributed by atoms with Crippen molar-refractivity contribution < 1.29 is 5.11 Å². The molecule has 5 atom stereocenters. The van der Waals surface area contributed by atoms with Gasteiger partial charge in [0, 0.05) is 6.04 Å². The summed E-state index contributed by atoms with van der Waals surface area (Å²) in [6.45, 7) is 4.27. The van der Waals surface area contributed by atoms with E-state index in [0.717, 1.165) is 34.3 Å². The molecule has 1 aromatic heterocycles. The Balaban J connectivity index is 1.78. The molecule has 3 fully saturated rings. The number of halogens is 1. The van der Waals surface area contributed by atoms with Gasteiger partial charge in [0.05, 0.1) is 16.4 Å². The molecule has 3 aliphatic carbocycles. The average molecular weight is 339 g/mol. The van der Waals surface area contributed by atoms with E-state index in [4.69, 9.17) is 0 Å². The summed E-state index contributed by atoms with van der Waals surface area (Å²) in [5.41, 5.74) is 0.376. The van der Waals surface area contributed by atoms with E-state index in [1.165, 1.54) is 25.7 Å². The molecule has 0 radical (unpaired) electrons. The lowest BCUT2D eigenvalue weighted by Crippen LogP contribution is -2.41. The lowest BCUT2D eigenvalue weighted by atomic mass is 9.71. The Kier molecular flexibility index (Phi) is 2.88. The maximum absolute atomic E-state index is 11.5. The van der Waals surface area contributed by atoms with Gasteiger partial charge < -0.3 is 5.11 Å². The van der Waals surface area contributed by atoms with E-state index >= 15 is 0 Å². The minimum atomic E-state index is -0.657. The van der Waals surface area contributed by atoms with E-state index in [1.807, 2.05) is 10.9 Å². The highest BCUT2D eigenvalue weighted by atomic mass is 79.9. The highest BCUT2D eigenvalue weighted by Gasteiger charge is 2.62. The zero-order chi connectivity index (χ0) is 14.1. The molecule has 20 heavy (non-hydrogen) atoms. The molecule has 3 saturated carbocycles. The summed E-state index contributed by atoms with van der Waals surface area (Å²) in [5, 5.41) is 16.0. The molecule has 3 aliphatic rings. The highest BCUT2D eigenvalue weighted by Crippen LogP contribution is 2.65. The first kappa shape index (κ1) is 13.3. The predicted octanol–water partition coefficient (Wildman–Crippen LogP) is 3.87. The normalized spacial score (nSPS) is 42.6. The Morgan fingerprint density at radius 3 is 2.90 bits per heavy atom. The molecule has 0 aliphatic heterocycles. The molecule has 1 aromatic rings. The third-order valence-electron chi connectivity index (χ3n) is 6.14. The van der Waals surface area contributed by atoms with Gasteiger partial charge in [-0.25, -0.2) is 0 Å². The van der Waals surface area contributed by atoms with Crippen LogP contribution in [0.1, 0.15) is 57.7 Å². The second-order valence-corrected chi connectivity index (χ2v) is 8.22. The van der Waals surface area contributed by atoms with Gasteiger partial charge in [0.1, 0.15) is 5.60 Å². The van der Waals surface area contributed by atoms with Crippen LogP contribution in [0.4, 0.5) is 0 Å². The van der Waals surface area contributed by atoms with Gasteiger partial charge >= 0.3 is 0 Å². The molecule has 3 nitrogen and oxygen atoms in total. The zero-order valence-electron chi connectivity index (χ0n) is 12.2. The number of rotatable bonds is 2. The number of fused-ring (bicyclic) bond motifs is 5. The van der Waals surface area contributed by atoms with Crippen molar-refractivity contribution >= 4 is 15.9 Å². The Bertz CT molecular complexity index is 541. The fraction of sp³-hybridized carbons (Fsp3) is 0.812. The van der Waals surface area contributed by atoms with Crippen LogP contribution in [0.3, 0.4) is 0 Å². The summed E-state index contributed by atoms with van der Waals surface area (Å²) in [5.74, 6) is 2.83. The summed E-state index contributed by atoms with van der Waals surface area (Å²) >= 11 is 3.63. The van der Waals surface area contributed by atoms with Crippen LogP contribution < -0.4 is 0 Å². The van der Waals surface area contributed by atoms with Crippen molar-refractivity contribution in [1.29, 1.82) is 0 Å². The number of aromatic nitrogens is 2. The van der Waals surface area contributed by atoms with E-state index in [2.05, 4.69) is 34.9 Å². The third-order valence-corrected chi connectivity index (χ3v) is 6.72. The van der Waals surface area contributed by atoms with Crippen LogP contribution in [0, 0.1) is 23.7 Å². The van der Waals surface area contributed by atoms with Gasteiger partial charge in [0.15, 0.2) is 0 Å². The Morgan fingerprint density at radius 2 is 2.15 bits per heavy atom. The molecule has 110 valence electrons. The fourth-order valence-electron chi connectivity index (χ4n) is 5.52. The van der Waals surface area contributed by atoms with Crippen LogP contribution in [-0.2, 0) is 5.60 Å². The maximum Gasteiger partial charge on any atom is 0.111 e. The van der Waals surface area contributed by atoms with Crippen molar-refractivity contribution in [3.63, 3.8) is 0 Å². The topological polar surface area (TPSA) is 38.0 Å². The van der Waals surface area contributed by atoms with Gasteiger partial charge in [0.2, 0.25) is 0 Å². The molecule has 4 heteroatoms. The second kappa shape index (κ2) is 4.33. The summed E-state index contributed by atoms with van der Waals surface area (Å²) in [6, 6.07) is 0.291. The van der Waals surface area contributed by atoms with Crippen LogP contribution in [0.25, 0.3) is 0 Å². The van der Waals surface area contributed by atoms with E-state index in [1.54, 1.807) is 0 Å². The van der Waals surface area contributed by atoms with Gasteiger partial charge in [-0.3, -0.25) is 4.68 Å². The molecular weight excluding hydrogens is 316 g/mol. The molecule has 0 spiro atoms. The van der Waals surface area contributed by atoms with Crippen LogP contribution in [-0.4, -0.2) is 14.9 Å². The van der Waals surface area contributed by atoms with Crippen molar-refractivity contribution in [3.8, 4) is 0 Å². The number of nitrogens with zero attached hydrogens (tertiary/aromatic N) is 2. The Labute approximate surface area is 128 Å². The number of hydrogen-bond donors (Lipinski definition) is 1. The highest BCUT2D eigenvalue weighted by molar-refractivity contribution is 9.10. The minimum Gasteiger partial charge on any atom is -0.383 e. The lowest BCUT2D eigenvalue weighted by Gasteiger charge is -2.40. The quantitative estimate of drug-likeness (QED) is 0.888. The molecular formula is C16H23BrN2O. The van der Waals surface area contributed by atoms with Gasteiger partial charge in [-0.1, -0.05) is 6.42 Å². The smallest absolute Gasteiger partial charge is 0.111 e. The van der Waals surface area contributed by atoms with Crippen molar-refractivity contribution in [3.05, 3.63) is 16.4 Å². The molecule has 0 aromatic carbocycles. The molecule has 1 N–H and O–H groups in total. The lowest BCUT2D eigenvalue weighted by molar-refractivity contribution is -0.0591. The van der Waals surface area contributed by atoms with Crippen molar-refractivity contribution in [2.24, 2.45) is 23.7 Å². The van der Waals surface area contributed by atoms with Gasteiger partial charge in [-0.05, 0) is 79.1 Å². The average Bonchev–Trinajstić information content (AvgIpc) is 3.06. The van der Waals surface area contributed by atoms with Crippen molar-refractivity contribution in [2.75, 3.05) is 0 Å². The largest absolute Gasteiger partial charge is 0.383 e. The Morgan fingerprint density at radius 1 is 1.40 bits per heavy atom. The molecule has 0 saturated heterocycles. The zero-order valence-corrected chi connectivity index (χ0v) is 13.8. The van der Waals surface area contributed by atoms with Crippen LogP contribution in [0.5, 0.6) is 0 Å². The number of hydrogen-bond acceptors (Lipinski definition) is 2. The van der Waals surface area contributed by atoms with Crippen LogP contribution in [0.15, 0.2) is 10.7 Å². The SMILES string of the molecule is CC(C)n1ncc(Br)c1C1(O)CC2CC1C1CCCC21. The predicted molar refractivity (Wildman–Crippen MR) is 81.3 cm³/mol. The van der Waals surface area contributed by atoms with Gasteiger partial charge in [-0.15, -0.1) is 0 Å². The number of aliphatic hydroxyl groups is 1. The Hall–Kier alpha value is -0.350. The van der Waals surface area contributed by atoms with Crippen LogP contribution in [0.2, 0.25) is 0 Å².